The lowest BCUT2D eigenvalue weighted by molar-refractivity contribution is -0.142. The number of amides is 1. The second-order valence-corrected chi connectivity index (χ2v) is 8.54. The number of carboxylic acids is 1. The van der Waals surface area contributed by atoms with Gasteiger partial charge in [0, 0.05) is 29.8 Å². The summed E-state index contributed by atoms with van der Waals surface area (Å²) in [4.78, 5) is 30.6. The van der Waals surface area contributed by atoms with E-state index in [9.17, 15) is 27.9 Å². The molecule has 1 aliphatic rings. The van der Waals surface area contributed by atoms with E-state index in [1.165, 1.54) is 24.8 Å². The van der Waals surface area contributed by atoms with Crippen molar-refractivity contribution in [1.29, 1.82) is 0 Å². The Balaban J connectivity index is 1.60. The molecule has 0 aliphatic carbocycles. The molecule has 5 rings (SSSR count). The fraction of sp³-hybridized carbons (Fsp3) is 0.208. The maximum atomic E-state index is 13.9. The highest BCUT2D eigenvalue weighted by Gasteiger charge is 2.44. The van der Waals surface area contributed by atoms with Gasteiger partial charge in [-0.1, -0.05) is 41.9 Å². The molecule has 4 aromatic rings. The predicted octanol–water partition coefficient (Wildman–Crippen LogP) is 5.35. The van der Waals surface area contributed by atoms with Crippen LogP contribution in [0.2, 0.25) is 5.15 Å². The molecule has 0 radical (unpaired) electrons. The van der Waals surface area contributed by atoms with Crippen molar-refractivity contribution in [2.75, 3.05) is 6.54 Å². The minimum atomic E-state index is -4.79. The third kappa shape index (κ3) is 3.93. The third-order valence-electron chi connectivity index (χ3n) is 6.16. The molecule has 0 bridgehead atoms. The smallest absolute Gasteiger partial charge is 0.420 e. The number of aromatic nitrogens is 2. The summed E-state index contributed by atoms with van der Waals surface area (Å²) in [5.74, 6) is -2.54. The van der Waals surface area contributed by atoms with E-state index in [0.717, 1.165) is 20.9 Å². The van der Waals surface area contributed by atoms with E-state index in [0.29, 0.717) is 12.0 Å². The standard InChI is InChI=1S/C24H17ClF3N3O4/c25-20-18(22(32)30-8-6-16(19(30)23(33)34)13-4-2-1-3-5-13)29-21-17(24(26,27)28)10-15(11-31(20)21)14-7-9-35-12-14/h1-5,7,9-12,16,19H,6,8H2,(H,33,34)/t16-,19-/m1/s1. The van der Waals surface area contributed by atoms with Crippen LogP contribution in [0.5, 0.6) is 0 Å². The Morgan fingerprint density at radius 1 is 1.14 bits per heavy atom. The van der Waals surface area contributed by atoms with Crippen molar-refractivity contribution >= 4 is 29.1 Å². The van der Waals surface area contributed by atoms with Crippen LogP contribution in [-0.2, 0) is 11.0 Å². The van der Waals surface area contributed by atoms with E-state index in [-0.39, 0.29) is 17.3 Å². The van der Waals surface area contributed by atoms with Gasteiger partial charge in [0.2, 0.25) is 0 Å². The zero-order chi connectivity index (χ0) is 24.9. The lowest BCUT2D eigenvalue weighted by atomic mass is 9.92. The molecule has 1 amide bonds. The number of alkyl halides is 3. The Kier molecular flexibility index (Phi) is 5.55. The van der Waals surface area contributed by atoms with Crippen LogP contribution in [0.1, 0.15) is 34.0 Å². The van der Waals surface area contributed by atoms with Crippen LogP contribution in [-0.4, -0.2) is 43.9 Å². The number of hydrogen-bond acceptors (Lipinski definition) is 4. The number of benzene rings is 1. The number of fused-ring (bicyclic) bond motifs is 1. The SMILES string of the molecule is O=C(O)[C@H]1[C@@H](c2ccccc2)CCN1C(=O)c1nc2c(C(F)(F)F)cc(-c3ccoc3)cn2c1Cl. The number of furan rings is 1. The number of hydrogen-bond donors (Lipinski definition) is 1. The normalized spacial score (nSPS) is 18.3. The van der Waals surface area contributed by atoms with Crippen LogP contribution in [0.4, 0.5) is 13.2 Å². The molecule has 2 atom stereocenters. The highest BCUT2D eigenvalue weighted by atomic mass is 35.5. The number of imidazole rings is 1. The van der Waals surface area contributed by atoms with E-state index in [1.807, 2.05) is 0 Å². The summed E-state index contributed by atoms with van der Waals surface area (Å²) in [5, 5.41) is 9.56. The summed E-state index contributed by atoms with van der Waals surface area (Å²) in [6.45, 7) is 0.0892. The average Bonchev–Trinajstić information content (AvgIpc) is 3.57. The summed E-state index contributed by atoms with van der Waals surface area (Å²) in [5.41, 5.74) is -0.794. The average molecular weight is 504 g/mol. The molecule has 1 saturated heterocycles. The van der Waals surface area contributed by atoms with Crippen molar-refractivity contribution in [2.45, 2.75) is 24.6 Å². The first-order valence-electron chi connectivity index (χ1n) is 10.6. The fourth-order valence-corrected chi connectivity index (χ4v) is 4.81. The molecule has 3 aromatic heterocycles. The van der Waals surface area contributed by atoms with Gasteiger partial charge in [-0.2, -0.15) is 13.2 Å². The van der Waals surface area contributed by atoms with Gasteiger partial charge in [-0.3, -0.25) is 9.20 Å². The molecule has 0 unspecified atom stereocenters. The van der Waals surface area contributed by atoms with Gasteiger partial charge in [-0.25, -0.2) is 9.78 Å². The quantitative estimate of drug-likeness (QED) is 0.405. The molecule has 180 valence electrons. The molecule has 11 heteroatoms. The highest BCUT2D eigenvalue weighted by molar-refractivity contribution is 6.33. The molecule has 35 heavy (non-hydrogen) atoms. The zero-order valence-electron chi connectivity index (χ0n) is 17.9. The van der Waals surface area contributed by atoms with Gasteiger partial charge >= 0.3 is 12.1 Å². The number of carbonyl (C=O) groups is 2. The minimum absolute atomic E-state index is 0.0892. The largest absolute Gasteiger partial charge is 0.480 e. The van der Waals surface area contributed by atoms with Crippen LogP contribution < -0.4 is 0 Å². The molecule has 0 saturated carbocycles. The number of aliphatic carboxylic acids is 1. The number of pyridine rings is 1. The van der Waals surface area contributed by atoms with E-state index in [2.05, 4.69) is 4.98 Å². The Hall–Kier alpha value is -3.79. The van der Waals surface area contributed by atoms with Crippen LogP contribution in [0.15, 0.2) is 65.6 Å². The topological polar surface area (TPSA) is 88.0 Å². The van der Waals surface area contributed by atoms with Crippen molar-refractivity contribution in [2.24, 2.45) is 0 Å². The van der Waals surface area contributed by atoms with E-state index in [1.54, 1.807) is 30.3 Å². The van der Waals surface area contributed by atoms with E-state index < -0.39 is 46.9 Å². The Labute approximate surface area is 201 Å². The maximum absolute atomic E-state index is 13.9. The van der Waals surface area contributed by atoms with Gasteiger partial charge in [0.05, 0.1) is 18.1 Å². The summed E-state index contributed by atoms with van der Waals surface area (Å²) >= 11 is 6.38. The summed E-state index contributed by atoms with van der Waals surface area (Å²) in [7, 11) is 0. The Morgan fingerprint density at radius 2 is 1.89 bits per heavy atom. The zero-order valence-corrected chi connectivity index (χ0v) is 18.6. The molecule has 1 aromatic carbocycles. The summed E-state index contributed by atoms with van der Waals surface area (Å²) < 4.78 is 47.6. The first-order valence-corrected chi connectivity index (χ1v) is 10.9. The molecule has 0 spiro atoms. The molecule has 1 aliphatic heterocycles. The van der Waals surface area contributed by atoms with Gasteiger partial charge in [-0.05, 0) is 24.1 Å². The van der Waals surface area contributed by atoms with Gasteiger partial charge in [0.25, 0.3) is 5.91 Å². The Bertz CT molecular complexity index is 1420. The van der Waals surface area contributed by atoms with Gasteiger partial charge in [0.1, 0.15) is 11.2 Å². The molecular formula is C24H17ClF3N3O4. The van der Waals surface area contributed by atoms with Crippen molar-refractivity contribution in [3.63, 3.8) is 0 Å². The molecule has 4 heterocycles. The summed E-state index contributed by atoms with van der Waals surface area (Å²) in [6.07, 6.45) is -0.488. The second-order valence-electron chi connectivity index (χ2n) is 8.18. The number of carboxylic acid groups (broad SMARTS) is 1. The summed E-state index contributed by atoms with van der Waals surface area (Å²) in [6, 6.07) is 10.1. The molecule has 7 nitrogen and oxygen atoms in total. The monoisotopic (exact) mass is 503 g/mol. The lowest BCUT2D eigenvalue weighted by Gasteiger charge is -2.24. The molecule has 1 N–H and O–H groups in total. The third-order valence-corrected chi connectivity index (χ3v) is 6.52. The number of likely N-dealkylation sites (tertiary alicyclic amines) is 1. The van der Waals surface area contributed by atoms with E-state index >= 15 is 0 Å². The van der Waals surface area contributed by atoms with Crippen LogP contribution >= 0.6 is 11.6 Å². The number of halogens is 4. The van der Waals surface area contributed by atoms with Crippen LogP contribution in [0, 0.1) is 0 Å². The Morgan fingerprint density at radius 3 is 2.51 bits per heavy atom. The van der Waals surface area contributed by atoms with Gasteiger partial charge in [-0.15, -0.1) is 0 Å². The van der Waals surface area contributed by atoms with Crippen molar-refractivity contribution in [3.8, 4) is 11.1 Å². The van der Waals surface area contributed by atoms with Gasteiger partial charge in [0.15, 0.2) is 11.3 Å². The number of rotatable bonds is 4. The minimum Gasteiger partial charge on any atom is -0.480 e. The van der Waals surface area contributed by atoms with Crippen LogP contribution in [0.3, 0.4) is 0 Å². The van der Waals surface area contributed by atoms with E-state index in [4.69, 9.17) is 16.0 Å². The number of nitrogens with zero attached hydrogens (tertiary/aromatic N) is 3. The van der Waals surface area contributed by atoms with Crippen molar-refractivity contribution in [1.82, 2.24) is 14.3 Å². The molecular weight excluding hydrogens is 487 g/mol. The van der Waals surface area contributed by atoms with Gasteiger partial charge < -0.3 is 14.4 Å². The first kappa shape index (κ1) is 23.0. The molecule has 1 fully saturated rings. The number of carbonyl (C=O) groups excluding carboxylic acids is 1. The fourth-order valence-electron chi connectivity index (χ4n) is 4.56. The highest BCUT2D eigenvalue weighted by Crippen LogP contribution is 2.39. The second kappa shape index (κ2) is 8.46. The predicted molar refractivity (Wildman–Crippen MR) is 119 cm³/mol. The van der Waals surface area contributed by atoms with Crippen molar-refractivity contribution < 1.29 is 32.3 Å². The first-order chi connectivity index (χ1) is 16.7. The van der Waals surface area contributed by atoms with Crippen molar-refractivity contribution in [3.05, 3.63) is 83.2 Å². The lowest BCUT2D eigenvalue weighted by Crippen LogP contribution is -2.43. The van der Waals surface area contributed by atoms with Crippen LogP contribution in [0.25, 0.3) is 16.8 Å². The maximum Gasteiger partial charge on any atom is 0.420 e.